The summed E-state index contributed by atoms with van der Waals surface area (Å²) in [5.41, 5.74) is 7.15. The highest BCUT2D eigenvalue weighted by Crippen LogP contribution is 2.22. The number of carbonyl (C=O) groups is 1. The molecule has 7 heteroatoms. The van der Waals surface area contributed by atoms with Gasteiger partial charge < -0.3 is 5.32 Å². The molecular weight excluding hydrogens is 376 g/mol. The van der Waals surface area contributed by atoms with Crippen LogP contribution < -0.4 is 5.32 Å². The van der Waals surface area contributed by atoms with Crippen LogP contribution in [-0.2, 0) is 20.1 Å². The van der Waals surface area contributed by atoms with Crippen LogP contribution in [0.4, 0.5) is 0 Å². The van der Waals surface area contributed by atoms with Crippen LogP contribution >= 0.6 is 0 Å². The first-order chi connectivity index (χ1) is 14.3. The van der Waals surface area contributed by atoms with E-state index < -0.39 is 0 Å². The lowest BCUT2D eigenvalue weighted by atomic mass is 10.1. The van der Waals surface area contributed by atoms with E-state index in [1.165, 1.54) is 5.56 Å². The zero-order chi connectivity index (χ0) is 21.4. The van der Waals surface area contributed by atoms with E-state index in [9.17, 15) is 4.79 Å². The fraction of sp³-hybridized carbons (Fsp3) is 0.304. The van der Waals surface area contributed by atoms with Gasteiger partial charge in [-0.2, -0.15) is 10.2 Å². The van der Waals surface area contributed by atoms with Gasteiger partial charge in [0.1, 0.15) is 0 Å². The number of hydrogen-bond acceptors (Lipinski definition) is 4. The fourth-order valence-corrected chi connectivity index (χ4v) is 3.91. The van der Waals surface area contributed by atoms with E-state index in [-0.39, 0.29) is 5.91 Å². The van der Waals surface area contributed by atoms with E-state index in [0.29, 0.717) is 18.7 Å². The zero-order valence-corrected chi connectivity index (χ0v) is 18.0. The Hall–Kier alpha value is -3.48. The fourth-order valence-electron chi connectivity index (χ4n) is 3.91. The minimum atomic E-state index is -0.129. The molecule has 3 aromatic heterocycles. The van der Waals surface area contributed by atoms with Gasteiger partial charge in [-0.1, -0.05) is 30.3 Å². The van der Waals surface area contributed by atoms with Gasteiger partial charge >= 0.3 is 0 Å². The summed E-state index contributed by atoms with van der Waals surface area (Å²) < 4.78 is 3.71. The summed E-state index contributed by atoms with van der Waals surface area (Å²) in [4.78, 5) is 17.6. The van der Waals surface area contributed by atoms with Gasteiger partial charge in [0.2, 0.25) is 0 Å². The number of aryl methyl sites for hydroxylation is 4. The van der Waals surface area contributed by atoms with Crippen LogP contribution in [0.25, 0.3) is 11.0 Å². The van der Waals surface area contributed by atoms with E-state index in [1.54, 1.807) is 4.68 Å². The van der Waals surface area contributed by atoms with Gasteiger partial charge in [0.15, 0.2) is 5.65 Å². The summed E-state index contributed by atoms with van der Waals surface area (Å²) in [6.07, 6.45) is 0. The lowest BCUT2D eigenvalue weighted by Crippen LogP contribution is -2.24. The molecule has 3 heterocycles. The van der Waals surface area contributed by atoms with E-state index in [0.717, 1.165) is 39.4 Å². The SMILES string of the molecule is Cc1cc(C(=O)NCc2c(C)nn(Cc3ccccc3)c2C)c2c(C)nn(C)c2n1. The summed E-state index contributed by atoms with van der Waals surface area (Å²) in [7, 11) is 1.84. The number of benzene rings is 1. The highest BCUT2D eigenvalue weighted by atomic mass is 16.1. The number of nitrogens with zero attached hydrogens (tertiary/aromatic N) is 5. The summed E-state index contributed by atoms with van der Waals surface area (Å²) in [5, 5.41) is 13.0. The van der Waals surface area contributed by atoms with Crippen molar-refractivity contribution in [1.29, 1.82) is 0 Å². The first kappa shape index (κ1) is 19.8. The molecule has 0 aliphatic rings. The van der Waals surface area contributed by atoms with Crippen LogP contribution in [0.1, 0.15) is 44.3 Å². The van der Waals surface area contributed by atoms with Crippen molar-refractivity contribution in [1.82, 2.24) is 29.9 Å². The molecule has 1 aromatic carbocycles. The normalized spacial score (nSPS) is 11.2. The van der Waals surface area contributed by atoms with E-state index >= 15 is 0 Å². The molecule has 0 bridgehead atoms. The lowest BCUT2D eigenvalue weighted by Gasteiger charge is -2.09. The number of hydrogen-bond donors (Lipinski definition) is 1. The van der Waals surface area contributed by atoms with E-state index in [2.05, 4.69) is 32.6 Å². The first-order valence-electron chi connectivity index (χ1n) is 10.0. The van der Waals surface area contributed by atoms with Gasteiger partial charge in [-0.05, 0) is 39.3 Å². The molecule has 0 saturated heterocycles. The van der Waals surface area contributed by atoms with Crippen molar-refractivity contribution < 1.29 is 4.79 Å². The molecule has 0 atom stereocenters. The largest absolute Gasteiger partial charge is 0.348 e. The predicted octanol–water partition coefficient (Wildman–Crippen LogP) is 3.38. The number of fused-ring (bicyclic) bond motifs is 1. The number of amides is 1. The second-order valence-electron chi connectivity index (χ2n) is 7.69. The van der Waals surface area contributed by atoms with Crippen molar-refractivity contribution in [3.05, 3.63) is 75.9 Å². The lowest BCUT2D eigenvalue weighted by molar-refractivity contribution is 0.0952. The van der Waals surface area contributed by atoms with Gasteiger partial charge in [0, 0.05) is 30.5 Å². The standard InChI is InChI=1S/C23H26N6O/c1-14-11-19(21-16(3)26-28(5)22(21)25-14)23(30)24-12-20-15(2)27-29(17(20)4)13-18-9-7-6-8-10-18/h6-11H,12-13H2,1-5H3,(H,24,30). The maximum Gasteiger partial charge on any atom is 0.252 e. The van der Waals surface area contributed by atoms with Crippen LogP contribution in [0.5, 0.6) is 0 Å². The third-order valence-electron chi connectivity index (χ3n) is 5.47. The average molecular weight is 403 g/mol. The molecule has 0 fully saturated rings. The Balaban J connectivity index is 1.57. The van der Waals surface area contributed by atoms with Crippen molar-refractivity contribution in [3.63, 3.8) is 0 Å². The second-order valence-corrected chi connectivity index (χ2v) is 7.69. The summed E-state index contributed by atoms with van der Waals surface area (Å²) in [6.45, 7) is 8.95. The van der Waals surface area contributed by atoms with Gasteiger partial charge in [0.25, 0.3) is 5.91 Å². The maximum atomic E-state index is 13.1. The van der Waals surface area contributed by atoms with E-state index in [1.807, 2.05) is 63.7 Å². The predicted molar refractivity (Wildman–Crippen MR) is 116 cm³/mol. The number of aromatic nitrogens is 5. The molecule has 0 spiro atoms. The molecule has 1 amide bonds. The highest BCUT2D eigenvalue weighted by Gasteiger charge is 2.19. The molecule has 30 heavy (non-hydrogen) atoms. The molecule has 1 N–H and O–H groups in total. The topological polar surface area (TPSA) is 77.6 Å². The molecular formula is C23H26N6O. The van der Waals surface area contributed by atoms with Crippen molar-refractivity contribution in [3.8, 4) is 0 Å². The van der Waals surface area contributed by atoms with Gasteiger partial charge in [0.05, 0.1) is 28.9 Å². The molecule has 0 aliphatic carbocycles. The molecule has 0 aliphatic heterocycles. The minimum Gasteiger partial charge on any atom is -0.348 e. The number of carbonyl (C=O) groups excluding carboxylic acids is 1. The van der Waals surface area contributed by atoms with Crippen LogP contribution in [0.2, 0.25) is 0 Å². The monoisotopic (exact) mass is 402 g/mol. The number of pyridine rings is 1. The number of rotatable bonds is 5. The zero-order valence-electron chi connectivity index (χ0n) is 18.0. The summed E-state index contributed by atoms with van der Waals surface area (Å²) >= 11 is 0. The van der Waals surface area contributed by atoms with Crippen molar-refractivity contribution in [2.45, 2.75) is 40.8 Å². The van der Waals surface area contributed by atoms with E-state index in [4.69, 9.17) is 0 Å². The van der Waals surface area contributed by atoms with Gasteiger partial charge in [-0.15, -0.1) is 0 Å². The third-order valence-corrected chi connectivity index (χ3v) is 5.47. The molecule has 0 unspecified atom stereocenters. The highest BCUT2D eigenvalue weighted by molar-refractivity contribution is 6.06. The van der Waals surface area contributed by atoms with Crippen LogP contribution in [0, 0.1) is 27.7 Å². The molecule has 154 valence electrons. The van der Waals surface area contributed by atoms with Crippen molar-refractivity contribution in [2.75, 3.05) is 0 Å². The van der Waals surface area contributed by atoms with Crippen LogP contribution in [0.15, 0.2) is 36.4 Å². The minimum absolute atomic E-state index is 0.129. The Labute approximate surface area is 175 Å². The number of nitrogens with one attached hydrogen (secondary N) is 1. The summed E-state index contributed by atoms with van der Waals surface area (Å²) in [5.74, 6) is -0.129. The first-order valence-corrected chi connectivity index (χ1v) is 10.0. The Kier molecular flexibility index (Phi) is 5.11. The van der Waals surface area contributed by atoms with Crippen molar-refractivity contribution in [2.24, 2.45) is 7.05 Å². The molecule has 4 aromatic rings. The molecule has 0 saturated carbocycles. The quantitative estimate of drug-likeness (QED) is 0.555. The smallest absolute Gasteiger partial charge is 0.252 e. The Morgan fingerprint density at radius 3 is 2.50 bits per heavy atom. The van der Waals surface area contributed by atoms with Crippen LogP contribution in [-0.4, -0.2) is 30.5 Å². The molecule has 4 rings (SSSR count). The Morgan fingerprint density at radius 2 is 1.77 bits per heavy atom. The van der Waals surface area contributed by atoms with Crippen LogP contribution in [0.3, 0.4) is 0 Å². The van der Waals surface area contributed by atoms with Crippen molar-refractivity contribution >= 4 is 16.9 Å². The second kappa shape index (κ2) is 7.74. The average Bonchev–Trinajstić information content (AvgIpc) is 3.15. The Bertz CT molecular complexity index is 1240. The third kappa shape index (κ3) is 3.58. The molecule has 0 radical (unpaired) electrons. The van der Waals surface area contributed by atoms with Gasteiger partial charge in [-0.3, -0.25) is 14.2 Å². The Morgan fingerprint density at radius 1 is 1.03 bits per heavy atom. The maximum absolute atomic E-state index is 13.1. The molecule has 7 nitrogen and oxygen atoms in total. The van der Waals surface area contributed by atoms with Gasteiger partial charge in [-0.25, -0.2) is 4.98 Å². The summed E-state index contributed by atoms with van der Waals surface area (Å²) in [6, 6.07) is 12.1.